The Balaban J connectivity index is 1.94. The van der Waals surface area contributed by atoms with Crippen LogP contribution in [0.2, 0.25) is 0 Å². The van der Waals surface area contributed by atoms with E-state index in [0.717, 1.165) is 29.7 Å². The molecule has 9 nitrogen and oxygen atoms in total. The van der Waals surface area contributed by atoms with Crippen molar-refractivity contribution in [1.29, 1.82) is 0 Å². The number of ether oxygens (including phenoxy) is 2. The molecule has 1 aromatic carbocycles. The molecule has 0 fully saturated rings. The summed E-state index contributed by atoms with van der Waals surface area (Å²) in [5, 5.41) is 13.3. The maximum Gasteiger partial charge on any atom is 0.354 e. The predicted molar refractivity (Wildman–Crippen MR) is 124 cm³/mol. The van der Waals surface area contributed by atoms with Gasteiger partial charge in [0.05, 0.1) is 30.9 Å². The molecule has 0 radical (unpaired) electrons. The van der Waals surface area contributed by atoms with Crippen LogP contribution in [0.1, 0.15) is 57.7 Å². The van der Waals surface area contributed by atoms with Crippen LogP contribution in [0.15, 0.2) is 35.4 Å². The summed E-state index contributed by atoms with van der Waals surface area (Å²) in [6.07, 6.45) is 1.89. The first kappa shape index (κ1) is 24.3. The number of carbonyl (C=O) groups is 2. The molecule has 0 saturated carbocycles. The largest absolute Gasteiger partial charge is 0.481 e. The van der Waals surface area contributed by atoms with Crippen LogP contribution in [0, 0.1) is 0 Å². The van der Waals surface area contributed by atoms with Crippen molar-refractivity contribution in [2.75, 3.05) is 12.0 Å². The van der Waals surface area contributed by atoms with Crippen molar-refractivity contribution in [2.24, 2.45) is 5.10 Å². The van der Waals surface area contributed by atoms with Crippen LogP contribution in [0.3, 0.4) is 0 Å². The third-order valence-electron chi connectivity index (χ3n) is 5.16. The summed E-state index contributed by atoms with van der Waals surface area (Å²) in [7, 11) is 0. The van der Waals surface area contributed by atoms with Gasteiger partial charge in [-0.1, -0.05) is 43.7 Å². The van der Waals surface area contributed by atoms with Crippen molar-refractivity contribution in [2.45, 2.75) is 65.1 Å². The Morgan fingerprint density at radius 1 is 1.21 bits per heavy atom. The molecule has 0 unspecified atom stereocenters. The third-order valence-corrected chi connectivity index (χ3v) is 5.16. The number of fused-ring (bicyclic) bond motifs is 1. The zero-order chi connectivity index (χ0) is 23.8. The molecule has 1 aromatic heterocycles. The third kappa shape index (κ3) is 6.82. The molecule has 9 heteroatoms. The Morgan fingerprint density at radius 2 is 1.97 bits per heavy atom. The van der Waals surface area contributed by atoms with Gasteiger partial charge in [-0.2, -0.15) is 5.10 Å². The number of carbonyl (C=O) groups excluding carboxylic acids is 1. The lowest BCUT2D eigenvalue weighted by Crippen LogP contribution is -2.33. The number of carboxylic acids is 1. The summed E-state index contributed by atoms with van der Waals surface area (Å²) in [4.78, 5) is 32.9. The van der Waals surface area contributed by atoms with E-state index in [4.69, 9.17) is 19.6 Å². The van der Waals surface area contributed by atoms with E-state index in [9.17, 15) is 9.59 Å². The molecule has 2 N–H and O–H groups in total. The van der Waals surface area contributed by atoms with E-state index < -0.39 is 11.9 Å². The average Bonchev–Trinajstić information content (AvgIpc) is 2.78. The second-order valence-corrected chi connectivity index (χ2v) is 8.47. The Bertz CT molecular complexity index is 1020. The Kier molecular flexibility index (Phi) is 8.11. The van der Waals surface area contributed by atoms with Gasteiger partial charge in [-0.25, -0.2) is 14.8 Å². The van der Waals surface area contributed by atoms with Crippen molar-refractivity contribution in [3.05, 3.63) is 41.6 Å². The van der Waals surface area contributed by atoms with Crippen molar-refractivity contribution < 1.29 is 24.2 Å². The number of aliphatic carboxylic acids is 1. The maximum atomic E-state index is 12.5. The molecule has 0 spiro atoms. The predicted octanol–water partition coefficient (Wildman–Crippen LogP) is 3.97. The van der Waals surface area contributed by atoms with Crippen molar-refractivity contribution in [1.82, 2.24) is 9.97 Å². The highest BCUT2D eigenvalue weighted by Gasteiger charge is 2.30. The summed E-state index contributed by atoms with van der Waals surface area (Å²) < 4.78 is 11.2. The van der Waals surface area contributed by atoms with Crippen LogP contribution in [-0.2, 0) is 32.1 Å². The van der Waals surface area contributed by atoms with Gasteiger partial charge in [-0.15, -0.1) is 0 Å². The molecule has 3 rings (SSSR count). The number of nitrogens with zero attached hydrogens (tertiary/aromatic N) is 3. The molecule has 2 aromatic rings. The van der Waals surface area contributed by atoms with Gasteiger partial charge in [-0.05, 0) is 20.3 Å². The molecule has 33 heavy (non-hydrogen) atoms. The van der Waals surface area contributed by atoms with Gasteiger partial charge >= 0.3 is 11.9 Å². The number of benzene rings is 1. The van der Waals surface area contributed by atoms with Gasteiger partial charge < -0.3 is 14.6 Å². The lowest BCUT2D eigenvalue weighted by atomic mass is 9.96. The van der Waals surface area contributed by atoms with Crippen LogP contribution in [0.25, 0.3) is 11.4 Å². The number of anilines is 1. The first-order chi connectivity index (χ1) is 15.8. The Hall–Kier alpha value is -3.33. The average molecular weight is 455 g/mol. The summed E-state index contributed by atoms with van der Waals surface area (Å²) in [6, 6.07) is 9.58. The summed E-state index contributed by atoms with van der Waals surface area (Å²) >= 11 is 0. The van der Waals surface area contributed by atoms with Gasteiger partial charge in [0, 0.05) is 24.0 Å². The fraction of sp³-hybridized carbons (Fsp3) is 0.458. The topological polar surface area (TPSA) is 123 Å². The molecule has 0 aliphatic carbocycles. The van der Waals surface area contributed by atoms with E-state index in [1.54, 1.807) is 0 Å². The number of nitrogens with one attached hydrogen (secondary N) is 1. The molecule has 1 aliphatic heterocycles. The number of rotatable bonds is 10. The van der Waals surface area contributed by atoms with E-state index >= 15 is 0 Å². The minimum absolute atomic E-state index is 0.000755. The van der Waals surface area contributed by atoms with Crippen molar-refractivity contribution in [3.63, 3.8) is 0 Å². The fourth-order valence-electron chi connectivity index (χ4n) is 3.30. The number of unbranched alkanes of at least 4 members (excludes halogenated alkanes) is 1. The number of aromatic nitrogens is 2. The minimum atomic E-state index is -1.02. The van der Waals surface area contributed by atoms with Gasteiger partial charge in [0.15, 0.2) is 11.6 Å². The highest BCUT2D eigenvalue weighted by Crippen LogP contribution is 2.32. The monoisotopic (exact) mass is 454 g/mol. The molecule has 0 amide bonds. The van der Waals surface area contributed by atoms with E-state index in [2.05, 4.69) is 15.5 Å². The number of esters is 1. The molecule has 1 aliphatic rings. The lowest BCUT2D eigenvalue weighted by Gasteiger charge is -2.31. The quantitative estimate of drug-likeness (QED) is 0.239. The fourth-order valence-corrected chi connectivity index (χ4v) is 3.30. The Labute approximate surface area is 193 Å². The van der Waals surface area contributed by atoms with Crippen LogP contribution in [0.5, 0.6) is 0 Å². The minimum Gasteiger partial charge on any atom is -0.481 e. The SMILES string of the molecule is CCCCOC(=O)C(CCC(=O)O)=NNc1nc(-c2ccccc2)nc2c1COC(C)(C)C2. The van der Waals surface area contributed by atoms with Gasteiger partial charge in [0.2, 0.25) is 0 Å². The normalized spacial score (nSPS) is 14.9. The number of carboxylic acid groups (broad SMARTS) is 1. The molecular formula is C24H30N4O5. The molecule has 2 heterocycles. The summed E-state index contributed by atoms with van der Waals surface area (Å²) in [5.41, 5.74) is 4.95. The highest BCUT2D eigenvalue weighted by molar-refractivity contribution is 6.36. The summed E-state index contributed by atoms with van der Waals surface area (Å²) in [5.74, 6) is -0.711. The van der Waals surface area contributed by atoms with Crippen LogP contribution < -0.4 is 5.43 Å². The maximum absolute atomic E-state index is 12.5. The molecule has 0 bridgehead atoms. The second kappa shape index (κ2) is 11.0. The van der Waals surface area contributed by atoms with Gasteiger partial charge in [0.1, 0.15) is 5.71 Å². The number of hydrogen-bond acceptors (Lipinski definition) is 8. The first-order valence-electron chi connectivity index (χ1n) is 11.1. The standard InChI is InChI=1S/C24H30N4O5/c1-4-5-13-32-23(31)18(11-12-20(29)30)27-28-22-17-15-33-24(2,3)14-19(17)25-21(26-22)16-9-7-6-8-10-16/h6-10H,4-5,11-15H2,1-3H3,(H,29,30)(H,25,26,28). The van der Waals surface area contributed by atoms with Gasteiger partial charge in [-0.3, -0.25) is 10.2 Å². The number of hydrazone groups is 1. The molecule has 176 valence electrons. The van der Waals surface area contributed by atoms with E-state index in [-0.39, 0.29) is 30.8 Å². The van der Waals surface area contributed by atoms with Gasteiger partial charge in [0.25, 0.3) is 0 Å². The zero-order valence-electron chi connectivity index (χ0n) is 19.3. The van der Waals surface area contributed by atoms with Crippen molar-refractivity contribution >= 4 is 23.5 Å². The highest BCUT2D eigenvalue weighted by atomic mass is 16.5. The van der Waals surface area contributed by atoms with Crippen molar-refractivity contribution in [3.8, 4) is 11.4 Å². The Morgan fingerprint density at radius 3 is 2.67 bits per heavy atom. The molecular weight excluding hydrogens is 424 g/mol. The molecule has 0 saturated heterocycles. The smallest absolute Gasteiger partial charge is 0.354 e. The van der Waals surface area contributed by atoms with E-state index in [1.807, 2.05) is 51.1 Å². The van der Waals surface area contributed by atoms with Crippen LogP contribution >= 0.6 is 0 Å². The lowest BCUT2D eigenvalue weighted by molar-refractivity contribution is -0.136. The van der Waals surface area contributed by atoms with Crippen LogP contribution in [-0.4, -0.2) is 44.9 Å². The van der Waals surface area contributed by atoms with Crippen LogP contribution in [0.4, 0.5) is 5.82 Å². The van der Waals surface area contributed by atoms with E-state index in [0.29, 0.717) is 24.7 Å². The zero-order valence-corrected chi connectivity index (χ0v) is 19.3. The second-order valence-electron chi connectivity index (χ2n) is 8.47. The summed E-state index contributed by atoms with van der Waals surface area (Å²) in [6.45, 7) is 6.54. The molecule has 0 atom stereocenters. The first-order valence-corrected chi connectivity index (χ1v) is 11.1. The number of hydrogen-bond donors (Lipinski definition) is 2. The van der Waals surface area contributed by atoms with E-state index in [1.165, 1.54) is 0 Å².